The predicted octanol–water partition coefficient (Wildman–Crippen LogP) is 3.00. The van der Waals surface area contributed by atoms with Crippen molar-refractivity contribution in [1.29, 1.82) is 0 Å². The summed E-state index contributed by atoms with van der Waals surface area (Å²) in [6.45, 7) is 0. The highest BCUT2D eigenvalue weighted by Gasteiger charge is 2.15. The molecule has 102 valence electrons. The van der Waals surface area contributed by atoms with Gasteiger partial charge in [0.1, 0.15) is 0 Å². The van der Waals surface area contributed by atoms with E-state index in [9.17, 15) is 0 Å². The van der Waals surface area contributed by atoms with Crippen molar-refractivity contribution in [1.82, 2.24) is 19.9 Å². The van der Waals surface area contributed by atoms with Gasteiger partial charge in [0.25, 0.3) is 0 Å². The summed E-state index contributed by atoms with van der Waals surface area (Å²) in [6.07, 6.45) is 8.47. The first kappa shape index (κ1) is 13.3. The molecular formula is C15H15BrN4. The van der Waals surface area contributed by atoms with Crippen LogP contribution in [0.1, 0.15) is 17.2 Å². The molecule has 5 heteroatoms. The Hall–Kier alpha value is -1.72. The van der Waals surface area contributed by atoms with Crippen LogP contribution in [0.4, 0.5) is 0 Å². The Kier molecular flexibility index (Phi) is 3.80. The van der Waals surface area contributed by atoms with Gasteiger partial charge >= 0.3 is 0 Å². The minimum Gasteiger partial charge on any atom is -0.313 e. The second-order valence-electron chi connectivity index (χ2n) is 4.69. The number of halogens is 1. The lowest BCUT2D eigenvalue weighted by Crippen LogP contribution is -2.18. The lowest BCUT2D eigenvalue weighted by atomic mass is 10.0. The zero-order chi connectivity index (χ0) is 13.9. The van der Waals surface area contributed by atoms with E-state index in [0.717, 1.165) is 16.4 Å². The third kappa shape index (κ3) is 2.59. The maximum Gasteiger partial charge on any atom is 0.0709 e. The van der Waals surface area contributed by atoms with Gasteiger partial charge in [0, 0.05) is 34.7 Å². The average Bonchev–Trinajstić information content (AvgIpc) is 2.89. The minimum atomic E-state index is 0.214. The number of nitrogens with zero attached hydrogens (tertiary/aromatic N) is 3. The SMILES string of the molecule is CNC(Cc1cncc(Br)c1)c1cnn2ccccc12. The molecular weight excluding hydrogens is 316 g/mol. The average molecular weight is 331 g/mol. The van der Waals surface area contributed by atoms with Crippen molar-refractivity contribution >= 4 is 21.4 Å². The topological polar surface area (TPSA) is 42.2 Å². The van der Waals surface area contributed by atoms with E-state index in [4.69, 9.17) is 0 Å². The van der Waals surface area contributed by atoms with Crippen LogP contribution >= 0.6 is 15.9 Å². The normalized spacial score (nSPS) is 12.7. The van der Waals surface area contributed by atoms with Gasteiger partial charge in [-0.2, -0.15) is 5.10 Å². The minimum absolute atomic E-state index is 0.214. The molecule has 3 aromatic heterocycles. The van der Waals surface area contributed by atoms with Crippen molar-refractivity contribution in [3.63, 3.8) is 0 Å². The summed E-state index contributed by atoms with van der Waals surface area (Å²) in [7, 11) is 1.97. The van der Waals surface area contributed by atoms with E-state index in [1.54, 1.807) is 6.20 Å². The van der Waals surface area contributed by atoms with Crippen LogP contribution in [0.25, 0.3) is 5.52 Å². The smallest absolute Gasteiger partial charge is 0.0709 e. The molecule has 1 atom stereocenters. The van der Waals surface area contributed by atoms with Gasteiger partial charge in [0.15, 0.2) is 0 Å². The van der Waals surface area contributed by atoms with Crippen molar-refractivity contribution in [2.24, 2.45) is 0 Å². The molecule has 3 aromatic rings. The Bertz CT molecular complexity index is 722. The molecule has 0 saturated carbocycles. The summed E-state index contributed by atoms with van der Waals surface area (Å²) in [5.41, 5.74) is 3.52. The highest BCUT2D eigenvalue weighted by molar-refractivity contribution is 9.10. The predicted molar refractivity (Wildman–Crippen MR) is 82.6 cm³/mol. The van der Waals surface area contributed by atoms with Gasteiger partial charge < -0.3 is 5.32 Å². The fourth-order valence-corrected chi connectivity index (χ4v) is 2.81. The molecule has 3 heterocycles. The Morgan fingerprint density at radius 3 is 3.00 bits per heavy atom. The van der Waals surface area contributed by atoms with Gasteiger partial charge in [-0.1, -0.05) is 6.07 Å². The van der Waals surface area contributed by atoms with Gasteiger partial charge in [-0.3, -0.25) is 4.98 Å². The molecule has 0 aliphatic carbocycles. The Morgan fingerprint density at radius 2 is 2.20 bits per heavy atom. The van der Waals surface area contributed by atoms with Crippen molar-refractivity contribution in [2.45, 2.75) is 12.5 Å². The molecule has 0 spiro atoms. The summed E-state index contributed by atoms with van der Waals surface area (Å²) in [6, 6.07) is 8.42. The maximum absolute atomic E-state index is 4.40. The van der Waals surface area contributed by atoms with Gasteiger partial charge in [-0.05, 0) is 53.2 Å². The lowest BCUT2D eigenvalue weighted by molar-refractivity contribution is 0.595. The fourth-order valence-electron chi connectivity index (χ4n) is 2.39. The van der Waals surface area contributed by atoms with E-state index in [0.29, 0.717) is 0 Å². The molecule has 4 nitrogen and oxygen atoms in total. The van der Waals surface area contributed by atoms with E-state index in [-0.39, 0.29) is 6.04 Å². The third-order valence-corrected chi connectivity index (χ3v) is 3.82. The molecule has 0 bridgehead atoms. The van der Waals surface area contributed by atoms with Crippen molar-refractivity contribution < 1.29 is 0 Å². The van der Waals surface area contributed by atoms with Gasteiger partial charge in [0.05, 0.1) is 11.7 Å². The van der Waals surface area contributed by atoms with Crippen LogP contribution in [-0.4, -0.2) is 21.6 Å². The maximum atomic E-state index is 4.40. The second kappa shape index (κ2) is 5.73. The zero-order valence-corrected chi connectivity index (χ0v) is 12.7. The van der Waals surface area contributed by atoms with Gasteiger partial charge in [0.2, 0.25) is 0 Å². The third-order valence-electron chi connectivity index (χ3n) is 3.38. The Balaban J connectivity index is 1.93. The Labute approximate surface area is 126 Å². The molecule has 20 heavy (non-hydrogen) atoms. The van der Waals surface area contributed by atoms with E-state index in [1.807, 2.05) is 42.3 Å². The van der Waals surface area contributed by atoms with Crippen LogP contribution in [0.5, 0.6) is 0 Å². The van der Waals surface area contributed by atoms with Crippen LogP contribution in [-0.2, 0) is 6.42 Å². The zero-order valence-electron chi connectivity index (χ0n) is 11.1. The number of rotatable bonds is 4. The van der Waals surface area contributed by atoms with Crippen molar-refractivity contribution in [3.05, 3.63) is 64.7 Å². The summed E-state index contributed by atoms with van der Waals surface area (Å²) >= 11 is 3.46. The number of hydrogen-bond donors (Lipinski definition) is 1. The van der Waals surface area contributed by atoms with Crippen LogP contribution in [0.15, 0.2) is 53.5 Å². The van der Waals surface area contributed by atoms with Gasteiger partial charge in [-0.15, -0.1) is 0 Å². The number of pyridine rings is 2. The summed E-state index contributed by atoms with van der Waals surface area (Å²) in [5, 5.41) is 7.77. The molecule has 0 radical (unpaired) electrons. The van der Waals surface area contributed by atoms with Crippen LogP contribution < -0.4 is 5.32 Å². The number of hydrogen-bond acceptors (Lipinski definition) is 3. The van der Waals surface area contributed by atoms with Crippen LogP contribution in [0.2, 0.25) is 0 Å². The first-order valence-electron chi connectivity index (χ1n) is 6.47. The molecule has 1 N–H and O–H groups in total. The molecule has 0 amide bonds. The van der Waals surface area contributed by atoms with E-state index in [2.05, 4.69) is 43.5 Å². The molecule has 0 aromatic carbocycles. The standard InChI is InChI=1S/C15H15BrN4/c1-17-14(7-11-6-12(16)9-18-8-11)13-10-19-20-5-3-2-4-15(13)20/h2-6,8-10,14,17H,7H2,1H3. The lowest BCUT2D eigenvalue weighted by Gasteiger charge is -2.15. The molecule has 0 fully saturated rings. The van der Waals surface area contributed by atoms with Crippen LogP contribution in [0.3, 0.4) is 0 Å². The number of likely N-dealkylation sites (N-methyl/N-ethyl adjacent to an activating group) is 1. The van der Waals surface area contributed by atoms with Gasteiger partial charge in [-0.25, -0.2) is 4.52 Å². The van der Waals surface area contributed by atoms with Crippen molar-refractivity contribution in [3.8, 4) is 0 Å². The van der Waals surface area contributed by atoms with Crippen molar-refractivity contribution in [2.75, 3.05) is 7.05 Å². The largest absolute Gasteiger partial charge is 0.313 e. The molecule has 3 rings (SSSR count). The number of aromatic nitrogens is 3. The summed E-state index contributed by atoms with van der Waals surface area (Å²) < 4.78 is 2.91. The molecule has 0 aliphatic rings. The van der Waals surface area contributed by atoms with E-state index < -0.39 is 0 Å². The number of fused-ring (bicyclic) bond motifs is 1. The highest BCUT2D eigenvalue weighted by atomic mass is 79.9. The van der Waals surface area contributed by atoms with E-state index in [1.165, 1.54) is 11.1 Å². The van der Waals surface area contributed by atoms with Crippen LogP contribution in [0, 0.1) is 0 Å². The fraction of sp³-hybridized carbons (Fsp3) is 0.200. The molecule has 0 saturated heterocycles. The molecule has 0 aliphatic heterocycles. The first-order valence-corrected chi connectivity index (χ1v) is 7.26. The summed E-state index contributed by atoms with van der Waals surface area (Å²) in [5.74, 6) is 0. The highest BCUT2D eigenvalue weighted by Crippen LogP contribution is 2.23. The second-order valence-corrected chi connectivity index (χ2v) is 5.60. The first-order chi connectivity index (χ1) is 9.78. The monoisotopic (exact) mass is 330 g/mol. The van der Waals surface area contributed by atoms with E-state index >= 15 is 0 Å². The number of nitrogens with one attached hydrogen (secondary N) is 1. The quantitative estimate of drug-likeness (QED) is 0.799. The Morgan fingerprint density at radius 1 is 1.30 bits per heavy atom. The summed E-state index contributed by atoms with van der Waals surface area (Å²) in [4.78, 5) is 4.22. The molecule has 1 unspecified atom stereocenters.